The Kier molecular flexibility index (Phi) is 3.93. The minimum Gasteiger partial charge on any atom is -0.366 e. The van der Waals surface area contributed by atoms with E-state index in [-0.39, 0.29) is 6.10 Å². The van der Waals surface area contributed by atoms with Crippen molar-refractivity contribution in [2.24, 2.45) is 0 Å². The topological polar surface area (TPSA) is 69.0 Å². The van der Waals surface area contributed by atoms with E-state index < -0.39 is 0 Å². The Balaban J connectivity index is 1.76. The zero-order valence-corrected chi connectivity index (χ0v) is 12.5. The normalized spacial score (nSPS) is 19.5. The summed E-state index contributed by atoms with van der Waals surface area (Å²) in [5.74, 6) is 1.79. The second kappa shape index (κ2) is 5.84. The minimum absolute atomic E-state index is 0.0554. The van der Waals surface area contributed by atoms with E-state index in [1.807, 2.05) is 4.57 Å². The first-order chi connectivity index (χ1) is 9.81. The van der Waals surface area contributed by atoms with Gasteiger partial charge in [-0.05, 0) is 6.92 Å². The standard InChI is InChI=1S/C12H18N6OS/c1-3-10-14-12(20-16-10)18-5-6-19-9(7-18)11-15-13-8-17(11)4-2/h8-9H,3-7H2,1-2H3/t9-/m1/s1. The molecule has 108 valence electrons. The maximum atomic E-state index is 5.84. The highest BCUT2D eigenvalue weighted by atomic mass is 32.1. The first-order valence-electron chi connectivity index (χ1n) is 6.88. The summed E-state index contributed by atoms with van der Waals surface area (Å²) >= 11 is 1.46. The van der Waals surface area contributed by atoms with Crippen molar-refractivity contribution in [2.45, 2.75) is 32.9 Å². The summed E-state index contributed by atoms with van der Waals surface area (Å²) in [5.41, 5.74) is 0. The Morgan fingerprint density at radius 1 is 1.45 bits per heavy atom. The third-order valence-electron chi connectivity index (χ3n) is 3.38. The zero-order valence-electron chi connectivity index (χ0n) is 11.7. The van der Waals surface area contributed by atoms with Gasteiger partial charge in [-0.15, -0.1) is 10.2 Å². The van der Waals surface area contributed by atoms with Crippen LogP contribution >= 0.6 is 11.5 Å². The van der Waals surface area contributed by atoms with Crippen LogP contribution in [0.4, 0.5) is 5.13 Å². The van der Waals surface area contributed by atoms with Gasteiger partial charge in [-0.2, -0.15) is 4.37 Å². The van der Waals surface area contributed by atoms with Crippen LogP contribution in [-0.2, 0) is 17.7 Å². The van der Waals surface area contributed by atoms with Crippen LogP contribution in [0.5, 0.6) is 0 Å². The van der Waals surface area contributed by atoms with Gasteiger partial charge in [0, 0.05) is 31.0 Å². The molecule has 1 saturated heterocycles. The van der Waals surface area contributed by atoms with E-state index in [1.54, 1.807) is 6.33 Å². The lowest BCUT2D eigenvalue weighted by molar-refractivity contribution is 0.0316. The molecule has 3 heterocycles. The van der Waals surface area contributed by atoms with E-state index >= 15 is 0 Å². The molecule has 0 N–H and O–H groups in total. The molecule has 0 aliphatic carbocycles. The molecule has 0 amide bonds. The first-order valence-corrected chi connectivity index (χ1v) is 7.66. The molecule has 8 heteroatoms. The molecule has 2 aromatic heterocycles. The summed E-state index contributed by atoms with van der Waals surface area (Å²) in [6.45, 7) is 7.25. The minimum atomic E-state index is -0.0554. The molecule has 0 bridgehead atoms. The molecule has 2 aromatic rings. The number of rotatable bonds is 4. The Morgan fingerprint density at radius 3 is 3.10 bits per heavy atom. The average Bonchev–Trinajstić information content (AvgIpc) is 3.16. The largest absolute Gasteiger partial charge is 0.366 e. The average molecular weight is 294 g/mol. The second-order valence-electron chi connectivity index (χ2n) is 4.63. The fourth-order valence-electron chi connectivity index (χ4n) is 2.25. The highest BCUT2D eigenvalue weighted by Crippen LogP contribution is 2.26. The number of anilines is 1. The van der Waals surface area contributed by atoms with Gasteiger partial charge < -0.3 is 14.2 Å². The number of hydrogen-bond donors (Lipinski definition) is 0. The number of nitrogens with zero attached hydrogens (tertiary/aromatic N) is 6. The quantitative estimate of drug-likeness (QED) is 0.846. The Morgan fingerprint density at radius 2 is 2.35 bits per heavy atom. The van der Waals surface area contributed by atoms with Crippen LogP contribution < -0.4 is 4.90 Å². The van der Waals surface area contributed by atoms with Crippen molar-refractivity contribution < 1.29 is 4.74 Å². The summed E-state index contributed by atoms with van der Waals surface area (Å²) < 4.78 is 12.2. The Hall–Kier alpha value is -1.54. The van der Waals surface area contributed by atoms with Gasteiger partial charge in [-0.3, -0.25) is 0 Å². The number of hydrogen-bond acceptors (Lipinski definition) is 7. The smallest absolute Gasteiger partial charge is 0.205 e. The van der Waals surface area contributed by atoms with Crippen molar-refractivity contribution >= 4 is 16.7 Å². The highest BCUT2D eigenvalue weighted by Gasteiger charge is 2.27. The van der Waals surface area contributed by atoms with E-state index in [1.165, 1.54) is 11.5 Å². The van der Waals surface area contributed by atoms with Crippen LogP contribution in [0.3, 0.4) is 0 Å². The van der Waals surface area contributed by atoms with Crippen molar-refractivity contribution in [1.82, 2.24) is 24.1 Å². The van der Waals surface area contributed by atoms with Crippen LogP contribution in [0, 0.1) is 0 Å². The lowest BCUT2D eigenvalue weighted by Crippen LogP contribution is -2.39. The van der Waals surface area contributed by atoms with E-state index in [9.17, 15) is 0 Å². The zero-order chi connectivity index (χ0) is 13.9. The van der Waals surface area contributed by atoms with Crippen LogP contribution in [0.25, 0.3) is 0 Å². The Bertz CT molecular complexity index is 568. The van der Waals surface area contributed by atoms with Crippen molar-refractivity contribution in [1.29, 1.82) is 0 Å². The number of aryl methyl sites for hydroxylation is 2. The molecule has 0 radical (unpaired) electrons. The highest BCUT2D eigenvalue weighted by molar-refractivity contribution is 7.09. The van der Waals surface area contributed by atoms with Crippen molar-refractivity contribution in [2.75, 3.05) is 24.6 Å². The van der Waals surface area contributed by atoms with Crippen LogP contribution in [0.2, 0.25) is 0 Å². The summed E-state index contributed by atoms with van der Waals surface area (Å²) in [5, 5.41) is 9.13. The monoisotopic (exact) mass is 294 g/mol. The van der Waals surface area contributed by atoms with Gasteiger partial charge in [0.15, 0.2) is 5.82 Å². The second-order valence-corrected chi connectivity index (χ2v) is 5.36. The predicted molar refractivity (Wildman–Crippen MR) is 75.9 cm³/mol. The summed E-state index contributed by atoms with van der Waals surface area (Å²) in [6, 6.07) is 0. The van der Waals surface area contributed by atoms with E-state index in [0.717, 1.165) is 42.8 Å². The molecule has 3 rings (SSSR count). The molecule has 0 unspecified atom stereocenters. The third kappa shape index (κ3) is 2.53. The lowest BCUT2D eigenvalue weighted by atomic mass is 10.2. The van der Waals surface area contributed by atoms with E-state index in [0.29, 0.717) is 6.61 Å². The van der Waals surface area contributed by atoms with Gasteiger partial charge in [0.2, 0.25) is 5.13 Å². The fourth-order valence-corrected chi connectivity index (χ4v) is 3.04. The third-order valence-corrected chi connectivity index (χ3v) is 4.20. The molecule has 1 fully saturated rings. The van der Waals surface area contributed by atoms with Gasteiger partial charge >= 0.3 is 0 Å². The van der Waals surface area contributed by atoms with Crippen LogP contribution in [-0.4, -0.2) is 43.8 Å². The van der Waals surface area contributed by atoms with Crippen LogP contribution in [0.15, 0.2) is 6.33 Å². The van der Waals surface area contributed by atoms with Crippen molar-refractivity contribution in [3.8, 4) is 0 Å². The molecule has 0 aromatic carbocycles. The molecular weight excluding hydrogens is 276 g/mol. The van der Waals surface area contributed by atoms with Gasteiger partial charge in [0.1, 0.15) is 18.3 Å². The lowest BCUT2D eigenvalue weighted by Gasteiger charge is -2.31. The fraction of sp³-hybridized carbons (Fsp3) is 0.667. The molecular formula is C12H18N6OS. The van der Waals surface area contributed by atoms with Gasteiger partial charge in [-0.1, -0.05) is 6.92 Å². The van der Waals surface area contributed by atoms with E-state index in [2.05, 4.69) is 38.3 Å². The number of aromatic nitrogens is 5. The van der Waals surface area contributed by atoms with Gasteiger partial charge in [0.05, 0.1) is 13.2 Å². The maximum Gasteiger partial charge on any atom is 0.205 e. The molecule has 7 nitrogen and oxygen atoms in total. The molecule has 1 aliphatic heterocycles. The van der Waals surface area contributed by atoms with Gasteiger partial charge in [-0.25, -0.2) is 4.98 Å². The molecule has 1 aliphatic rings. The van der Waals surface area contributed by atoms with E-state index in [4.69, 9.17) is 4.74 Å². The summed E-state index contributed by atoms with van der Waals surface area (Å²) in [7, 11) is 0. The number of morpholine rings is 1. The molecule has 0 saturated carbocycles. The van der Waals surface area contributed by atoms with Crippen molar-refractivity contribution in [3.63, 3.8) is 0 Å². The molecule has 20 heavy (non-hydrogen) atoms. The summed E-state index contributed by atoms with van der Waals surface area (Å²) in [6.07, 6.45) is 2.56. The molecule has 0 spiro atoms. The SMILES string of the molecule is CCc1nsc(N2CCO[C@@H](c3nncn3CC)C2)n1. The Labute approximate surface area is 121 Å². The summed E-state index contributed by atoms with van der Waals surface area (Å²) in [4.78, 5) is 6.77. The van der Waals surface area contributed by atoms with Crippen molar-refractivity contribution in [3.05, 3.63) is 18.0 Å². The van der Waals surface area contributed by atoms with Gasteiger partial charge in [0.25, 0.3) is 0 Å². The number of ether oxygens (including phenoxy) is 1. The maximum absolute atomic E-state index is 5.84. The van der Waals surface area contributed by atoms with Crippen LogP contribution in [0.1, 0.15) is 31.6 Å². The predicted octanol–water partition coefficient (Wildman–Crippen LogP) is 1.29. The first kappa shape index (κ1) is 13.4. The molecule has 1 atom stereocenters.